The Morgan fingerprint density at radius 1 is 1.26 bits per heavy atom. The number of hydrogen-bond acceptors (Lipinski definition) is 8. The highest BCUT2D eigenvalue weighted by Crippen LogP contribution is 2.41. The molecule has 2 aromatic heterocycles. The van der Waals surface area contributed by atoms with Gasteiger partial charge in [-0.25, -0.2) is 9.97 Å². The molecule has 2 aliphatic rings. The lowest BCUT2D eigenvalue weighted by molar-refractivity contribution is -0.117. The first-order valence-electron chi connectivity index (χ1n) is 10.6. The molecular formula is C22H27N7O2. The molecule has 0 spiro atoms. The van der Waals surface area contributed by atoms with Crippen LogP contribution in [-0.2, 0) is 11.2 Å². The number of aromatic nitrogens is 2. The molecule has 0 fully saturated rings. The van der Waals surface area contributed by atoms with Gasteiger partial charge in [-0.05, 0) is 32.1 Å². The molecule has 1 aliphatic heterocycles. The van der Waals surface area contributed by atoms with Crippen molar-refractivity contribution >= 4 is 40.0 Å². The van der Waals surface area contributed by atoms with E-state index in [-0.39, 0.29) is 42.7 Å². The Kier molecular flexibility index (Phi) is 5.65. The molecule has 162 valence electrons. The van der Waals surface area contributed by atoms with Gasteiger partial charge in [-0.1, -0.05) is 11.6 Å². The third-order valence-electron chi connectivity index (χ3n) is 6.10. The van der Waals surface area contributed by atoms with Crippen molar-refractivity contribution in [1.82, 2.24) is 9.97 Å². The van der Waals surface area contributed by atoms with Gasteiger partial charge in [0.1, 0.15) is 34.9 Å². The van der Waals surface area contributed by atoms with E-state index in [1.165, 1.54) is 18.4 Å². The first-order valence-corrected chi connectivity index (χ1v) is 10.6. The van der Waals surface area contributed by atoms with Crippen molar-refractivity contribution in [3.8, 4) is 6.07 Å². The van der Waals surface area contributed by atoms with Gasteiger partial charge in [-0.15, -0.1) is 0 Å². The number of pyridine rings is 2. The van der Waals surface area contributed by atoms with Crippen molar-refractivity contribution in [2.75, 3.05) is 48.0 Å². The number of nitrogen functional groups attached to an aromatic ring is 2. The molecule has 9 heteroatoms. The lowest BCUT2D eigenvalue weighted by atomic mass is 9.97. The highest BCUT2D eigenvalue weighted by atomic mass is 16.3. The Labute approximate surface area is 181 Å². The summed E-state index contributed by atoms with van der Waals surface area (Å²) in [7, 11) is 1.73. The number of rotatable bonds is 6. The van der Waals surface area contributed by atoms with Gasteiger partial charge in [0.25, 0.3) is 0 Å². The number of aliphatic hydroxyl groups is 1. The van der Waals surface area contributed by atoms with Gasteiger partial charge < -0.3 is 21.5 Å². The summed E-state index contributed by atoms with van der Waals surface area (Å²) in [4.78, 5) is 25.1. The van der Waals surface area contributed by atoms with E-state index in [0.717, 1.165) is 19.3 Å². The molecule has 2 aromatic rings. The van der Waals surface area contributed by atoms with E-state index in [4.69, 9.17) is 11.5 Å². The Bertz CT molecular complexity index is 1120. The molecule has 5 N–H and O–H groups in total. The Morgan fingerprint density at radius 2 is 2.03 bits per heavy atom. The molecule has 3 heterocycles. The number of anilines is 4. The topological polar surface area (TPSA) is 145 Å². The van der Waals surface area contributed by atoms with E-state index in [9.17, 15) is 15.2 Å². The molecule has 1 amide bonds. The monoisotopic (exact) mass is 421 g/mol. The van der Waals surface area contributed by atoms with E-state index in [1.54, 1.807) is 16.8 Å². The van der Waals surface area contributed by atoms with Crippen LogP contribution in [0.15, 0.2) is 11.6 Å². The smallest absolute Gasteiger partial charge is 0.232 e. The van der Waals surface area contributed by atoms with Gasteiger partial charge in [0.15, 0.2) is 0 Å². The number of aliphatic hydroxyl groups excluding tert-OH is 1. The fraction of sp³-hybridized carbons (Fsp3) is 0.455. The number of nitrogens with two attached hydrogens (primary N) is 2. The molecule has 0 bridgehead atoms. The van der Waals surface area contributed by atoms with Crippen LogP contribution in [0.25, 0.3) is 10.8 Å². The van der Waals surface area contributed by atoms with Gasteiger partial charge in [0.05, 0.1) is 18.4 Å². The summed E-state index contributed by atoms with van der Waals surface area (Å²) >= 11 is 0. The maximum atomic E-state index is 12.9. The normalized spacial score (nSPS) is 15.7. The minimum Gasteiger partial charge on any atom is -0.395 e. The molecule has 0 radical (unpaired) electrons. The molecule has 0 atom stereocenters. The summed E-state index contributed by atoms with van der Waals surface area (Å²) in [5.41, 5.74) is 14.8. The summed E-state index contributed by atoms with van der Waals surface area (Å²) in [6.07, 6.45) is 7.79. The van der Waals surface area contributed by atoms with E-state index in [1.807, 2.05) is 0 Å². The number of nitriles is 1. The van der Waals surface area contributed by atoms with E-state index in [0.29, 0.717) is 34.5 Å². The van der Waals surface area contributed by atoms with Crippen LogP contribution in [0.2, 0.25) is 0 Å². The van der Waals surface area contributed by atoms with Crippen molar-refractivity contribution in [1.29, 1.82) is 5.26 Å². The largest absolute Gasteiger partial charge is 0.395 e. The van der Waals surface area contributed by atoms with Crippen LogP contribution >= 0.6 is 0 Å². The Morgan fingerprint density at radius 3 is 2.71 bits per heavy atom. The maximum Gasteiger partial charge on any atom is 0.232 e. The van der Waals surface area contributed by atoms with Gasteiger partial charge in [0, 0.05) is 31.1 Å². The zero-order valence-corrected chi connectivity index (χ0v) is 17.7. The maximum absolute atomic E-state index is 12.9. The van der Waals surface area contributed by atoms with Crippen molar-refractivity contribution in [3.05, 3.63) is 22.8 Å². The van der Waals surface area contributed by atoms with Crippen LogP contribution in [0.4, 0.5) is 23.3 Å². The third-order valence-corrected chi connectivity index (χ3v) is 6.10. The van der Waals surface area contributed by atoms with Crippen LogP contribution in [0, 0.1) is 11.3 Å². The Balaban J connectivity index is 1.83. The lowest BCUT2D eigenvalue weighted by Gasteiger charge is -2.22. The first-order chi connectivity index (χ1) is 15.0. The first kappa shape index (κ1) is 20.9. The second-order valence-corrected chi connectivity index (χ2v) is 8.08. The van der Waals surface area contributed by atoms with Crippen LogP contribution < -0.4 is 21.3 Å². The van der Waals surface area contributed by atoms with Gasteiger partial charge in [0.2, 0.25) is 5.91 Å². The minimum atomic E-state index is -0.0975. The molecule has 4 rings (SSSR count). The average Bonchev–Trinajstić information content (AvgIpc) is 3.07. The number of fused-ring (bicyclic) bond motifs is 3. The fourth-order valence-corrected chi connectivity index (χ4v) is 4.51. The standard InChI is InChI=1S/C22H27N7O2/c1-28(9-10-30)21-15(12-23)17-14-11-16(31)29(8-7-13-5-3-2-4-6-13)22(14)27-20(25)18(17)19(24)26-21/h5,30H,2-4,6-11H2,1H3,(H2,24,26)(H2,25,27). The minimum absolute atomic E-state index is 0.0599. The number of allylic oxidation sites excluding steroid dienone is 1. The second-order valence-electron chi connectivity index (χ2n) is 8.08. The molecule has 9 nitrogen and oxygen atoms in total. The average molecular weight is 422 g/mol. The number of amides is 1. The number of hydrogen-bond donors (Lipinski definition) is 3. The van der Waals surface area contributed by atoms with E-state index < -0.39 is 0 Å². The van der Waals surface area contributed by atoms with Crippen LogP contribution in [0.5, 0.6) is 0 Å². The summed E-state index contributed by atoms with van der Waals surface area (Å²) in [6, 6.07) is 2.21. The second kappa shape index (κ2) is 8.40. The number of carbonyl (C=O) groups excluding carboxylic acids is 1. The van der Waals surface area contributed by atoms with Crippen LogP contribution in [0.1, 0.15) is 43.2 Å². The van der Waals surface area contributed by atoms with E-state index in [2.05, 4.69) is 22.1 Å². The predicted molar refractivity (Wildman–Crippen MR) is 121 cm³/mol. The highest BCUT2D eigenvalue weighted by Gasteiger charge is 2.34. The zero-order valence-electron chi connectivity index (χ0n) is 17.7. The molecule has 0 saturated carbocycles. The quantitative estimate of drug-likeness (QED) is 0.599. The van der Waals surface area contributed by atoms with Gasteiger partial charge in [-0.3, -0.25) is 9.69 Å². The Hall–Kier alpha value is -3.38. The summed E-state index contributed by atoms with van der Waals surface area (Å²) in [5, 5.41) is 20.2. The molecule has 0 aromatic carbocycles. The fourth-order valence-electron chi connectivity index (χ4n) is 4.51. The summed E-state index contributed by atoms with van der Waals surface area (Å²) < 4.78 is 0. The molecular weight excluding hydrogens is 394 g/mol. The summed E-state index contributed by atoms with van der Waals surface area (Å²) in [6.45, 7) is 0.727. The van der Waals surface area contributed by atoms with Gasteiger partial charge in [-0.2, -0.15) is 5.26 Å². The molecule has 0 saturated heterocycles. The third kappa shape index (κ3) is 3.64. The van der Waals surface area contributed by atoms with E-state index >= 15 is 0 Å². The van der Waals surface area contributed by atoms with Crippen molar-refractivity contribution in [2.45, 2.75) is 38.5 Å². The lowest BCUT2D eigenvalue weighted by Crippen LogP contribution is -2.29. The van der Waals surface area contributed by atoms with Crippen molar-refractivity contribution in [3.63, 3.8) is 0 Å². The number of carbonyl (C=O) groups is 1. The zero-order chi connectivity index (χ0) is 22.1. The van der Waals surface area contributed by atoms with Crippen molar-refractivity contribution < 1.29 is 9.90 Å². The van der Waals surface area contributed by atoms with Gasteiger partial charge >= 0.3 is 0 Å². The summed E-state index contributed by atoms with van der Waals surface area (Å²) in [5.74, 6) is 1.11. The molecule has 0 unspecified atom stereocenters. The van der Waals surface area contributed by atoms with Crippen molar-refractivity contribution in [2.24, 2.45) is 0 Å². The van der Waals surface area contributed by atoms with Crippen LogP contribution in [-0.4, -0.2) is 47.7 Å². The molecule has 31 heavy (non-hydrogen) atoms. The highest BCUT2D eigenvalue weighted by molar-refractivity contribution is 6.13. The predicted octanol–water partition coefficient (Wildman–Crippen LogP) is 1.87. The van der Waals surface area contributed by atoms with Crippen LogP contribution in [0.3, 0.4) is 0 Å². The number of likely N-dealkylation sites (N-methyl/N-ethyl adjacent to an activating group) is 1. The SMILES string of the molecule is CN(CCO)c1nc(N)c2c(N)nc3c(c2c1C#N)CC(=O)N3CCC1=CCCCC1. The number of nitrogens with zero attached hydrogens (tertiary/aromatic N) is 5. The molecule has 1 aliphatic carbocycles.